The topological polar surface area (TPSA) is 12.5 Å². The molecule has 94 valence electrons. The van der Waals surface area contributed by atoms with Crippen LogP contribution in [-0.2, 0) is 0 Å². The predicted octanol–water partition coefficient (Wildman–Crippen LogP) is 3.19. The number of piperidine rings is 3. The molecular formula is C15H23NO. The third-order valence-corrected chi connectivity index (χ3v) is 3.63. The van der Waals surface area contributed by atoms with Crippen LogP contribution in [0.15, 0.2) is 30.3 Å². The standard InChI is InChI=1S/C13H17NO.C2H6/c1-2-4-12(5-3-1)15-13-10-14-8-6-11(13)7-9-14;1-2/h1-5,11,13H,6-10H2;1-2H3/t13-;/m0./s1. The lowest BCUT2D eigenvalue weighted by Crippen LogP contribution is -2.52. The first kappa shape index (κ1) is 12.4. The quantitative estimate of drug-likeness (QED) is 0.778. The van der Waals surface area contributed by atoms with Crippen molar-refractivity contribution in [1.82, 2.24) is 4.90 Å². The van der Waals surface area contributed by atoms with Gasteiger partial charge in [-0.25, -0.2) is 0 Å². The molecule has 1 atom stereocenters. The van der Waals surface area contributed by atoms with Gasteiger partial charge in [-0.3, -0.25) is 4.90 Å². The summed E-state index contributed by atoms with van der Waals surface area (Å²) in [7, 11) is 0. The summed E-state index contributed by atoms with van der Waals surface area (Å²) in [5.74, 6) is 1.81. The molecule has 0 saturated carbocycles. The molecule has 2 bridgehead atoms. The molecule has 2 nitrogen and oxygen atoms in total. The van der Waals surface area contributed by atoms with E-state index < -0.39 is 0 Å². The lowest BCUT2D eigenvalue weighted by molar-refractivity contribution is -0.00775. The summed E-state index contributed by atoms with van der Waals surface area (Å²) in [5, 5.41) is 0. The Labute approximate surface area is 105 Å². The van der Waals surface area contributed by atoms with Crippen molar-refractivity contribution in [2.75, 3.05) is 19.6 Å². The number of benzene rings is 1. The largest absolute Gasteiger partial charge is 0.489 e. The van der Waals surface area contributed by atoms with Crippen molar-refractivity contribution in [1.29, 1.82) is 0 Å². The van der Waals surface area contributed by atoms with Gasteiger partial charge in [-0.15, -0.1) is 0 Å². The van der Waals surface area contributed by atoms with Crippen LogP contribution in [0.25, 0.3) is 0 Å². The molecule has 1 aromatic rings. The van der Waals surface area contributed by atoms with Crippen LogP contribution in [0, 0.1) is 5.92 Å². The second-order valence-corrected chi connectivity index (χ2v) is 4.61. The van der Waals surface area contributed by atoms with E-state index in [-0.39, 0.29) is 0 Å². The fourth-order valence-electron chi connectivity index (χ4n) is 2.72. The highest BCUT2D eigenvalue weighted by atomic mass is 16.5. The normalized spacial score (nSPS) is 30.4. The Bertz CT molecular complexity index is 317. The predicted molar refractivity (Wildman–Crippen MR) is 71.4 cm³/mol. The summed E-state index contributed by atoms with van der Waals surface area (Å²) in [6.45, 7) is 7.68. The van der Waals surface area contributed by atoms with Gasteiger partial charge in [0.1, 0.15) is 11.9 Å². The Kier molecular flexibility index (Phi) is 4.43. The number of hydrogen-bond donors (Lipinski definition) is 0. The molecule has 4 rings (SSSR count). The first-order valence-electron chi connectivity index (χ1n) is 6.86. The van der Waals surface area contributed by atoms with Gasteiger partial charge in [-0.1, -0.05) is 32.0 Å². The van der Waals surface area contributed by atoms with Gasteiger partial charge in [0.2, 0.25) is 0 Å². The van der Waals surface area contributed by atoms with Crippen molar-refractivity contribution in [3.63, 3.8) is 0 Å². The maximum Gasteiger partial charge on any atom is 0.119 e. The van der Waals surface area contributed by atoms with Gasteiger partial charge in [0.05, 0.1) is 0 Å². The number of hydrogen-bond acceptors (Lipinski definition) is 2. The van der Waals surface area contributed by atoms with E-state index in [0.717, 1.165) is 18.2 Å². The minimum Gasteiger partial charge on any atom is -0.489 e. The lowest BCUT2D eigenvalue weighted by atomic mass is 9.86. The van der Waals surface area contributed by atoms with Crippen molar-refractivity contribution in [2.45, 2.75) is 32.8 Å². The zero-order valence-corrected chi connectivity index (χ0v) is 10.9. The molecule has 2 heteroatoms. The van der Waals surface area contributed by atoms with E-state index in [4.69, 9.17) is 4.74 Å². The first-order chi connectivity index (χ1) is 8.42. The maximum atomic E-state index is 6.05. The van der Waals surface area contributed by atoms with Gasteiger partial charge in [0.15, 0.2) is 0 Å². The Hall–Kier alpha value is -1.02. The monoisotopic (exact) mass is 233 g/mol. The first-order valence-corrected chi connectivity index (χ1v) is 6.86. The molecule has 17 heavy (non-hydrogen) atoms. The molecule has 3 fully saturated rings. The highest BCUT2D eigenvalue weighted by Gasteiger charge is 2.35. The molecule has 1 aromatic carbocycles. The van der Waals surface area contributed by atoms with Crippen LogP contribution in [-0.4, -0.2) is 30.6 Å². The van der Waals surface area contributed by atoms with E-state index in [0.29, 0.717) is 6.10 Å². The molecule has 3 aliphatic heterocycles. The lowest BCUT2D eigenvalue weighted by Gasteiger charge is -2.44. The van der Waals surface area contributed by atoms with Crippen molar-refractivity contribution >= 4 is 0 Å². The summed E-state index contributed by atoms with van der Waals surface area (Å²) in [6.07, 6.45) is 3.06. The zero-order valence-electron chi connectivity index (χ0n) is 10.9. The molecule has 0 spiro atoms. The second kappa shape index (κ2) is 6.06. The molecule has 3 heterocycles. The summed E-state index contributed by atoms with van der Waals surface area (Å²) in [5.41, 5.74) is 0. The fraction of sp³-hybridized carbons (Fsp3) is 0.600. The van der Waals surface area contributed by atoms with Gasteiger partial charge in [0, 0.05) is 6.54 Å². The number of para-hydroxylation sites is 1. The van der Waals surface area contributed by atoms with E-state index in [1.807, 2.05) is 32.0 Å². The summed E-state index contributed by atoms with van der Waals surface area (Å²) in [4.78, 5) is 2.52. The van der Waals surface area contributed by atoms with Gasteiger partial charge in [-0.2, -0.15) is 0 Å². The molecular weight excluding hydrogens is 210 g/mol. The van der Waals surface area contributed by atoms with E-state index in [1.54, 1.807) is 0 Å². The zero-order chi connectivity index (χ0) is 12.1. The van der Waals surface area contributed by atoms with E-state index >= 15 is 0 Å². The maximum absolute atomic E-state index is 6.05. The Balaban J connectivity index is 0.000000514. The molecule has 0 N–H and O–H groups in total. The second-order valence-electron chi connectivity index (χ2n) is 4.61. The molecule has 0 aromatic heterocycles. The fourth-order valence-corrected chi connectivity index (χ4v) is 2.72. The van der Waals surface area contributed by atoms with Gasteiger partial charge >= 0.3 is 0 Å². The highest BCUT2D eigenvalue weighted by molar-refractivity contribution is 5.21. The van der Waals surface area contributed by atoms with Crippen molar-refractivity contribution in [2.24, 2.45) is 5.92 Å². The van der Waals surface area contributed by atoms with Gasteiger partial charge in [0.25, 0.3) is 0 Å². The molecule has 0 unspecified atom stereocenters. The average molecular weight is 233 g/mol. The van der Waals surface area contributed by atoms with E-state index in [9.17, 15) is 0 Å². The van der Waals surface area contributed by atoms with E-state index in [1.165, 1.54) is 25.9 Å². The third kappa shape index (κ3) is 3.01. The number of ether oxygens (including phenoxy) is 1. The number of nitrogens with zero attached hydrogens (tertiary/aromatic N) is 1. The van der Waals surface area contributed by atoms with Crippen LogP contribution in [0.2, 0.25) is 0 Å². The molecule has 3 aliphatic rings. The summed E-state index contributed by atoms with van der Waals surface area (Å²) < 4.78 is 6.05. The van der Waals surface area contributed by atoms with Crippen LogP contribution in [0.1, 0.15) is 26.7 Å². The third-order valence-electron chi connectivity index (χ3n) is 3.63. The van der Waals surface area contributed by atoms with Crippen molar-refractivity contribution in [3.05, 3.63) is 30.3 Å². The van der Waals surface area contributed by atoms with Crippen LogP contribution >= 0.6 is 0 Å². The SMILES string of the molecule is CC.c1ccc(O[C@H]2CN3CCC2CC3)cc1. The van der Waals surface area contributed by atoms with Crippen molar-refractivity contribution in [3.8, 4) is 5.75 Å². The Morgan fingerprint density at radius 3 is 2.24 bits per heavy atom. The minimum atomic E-state index is 0.426. The van der Waals surface area contributed by atoms with Crippen LogP contribution in [0.5, 0.6) is 5.75 Å². The van der Waals surface area contributed by atoms with Gasteiger partial charge in [-0.05, 0) is 44.0 Å². The number of fused-ring (bicyclic) bond motifs is 3. The van der Waals surface area contributed by atoms with Crippen molar-refractivity contribution < 1.29 is 4.74 Å². The molecule has 0 amide bonds. The molecule has 0 aliphatic carbocycles. The Morgan fingerprint density at radius 2 is 1.71 bits per heavy atom. The van der Waals surface area contributed by atoms with E-state index in [2.05, 4.69) is 17.0 Å². The molecule has 3 saturated heterocycles. The minimum absolute atomic E-state index is 0.426. The highest BCUT2D eigenvalue weighted by Crippen LogP contribution is 2.30. The molecule has 0 radical (unpaired) electrons. The average Bonchev–Trinajstić information content (AvgIpc) is 2.43. The number of rotatable bonds is 2. The summed E-state index contributed by atoms with van der Waals surface area (Å²) in [6, 6.07) is 10.2. The Morgan fingerprint density at radius 1 is 1.06 bits per heavy atom. The summed E-state index contributed by atoms with van der Waals surface area (Å²) >= 11 is 0. The van der Waals surface area contributed by atoms with Gasteiger partial charge < -0.3 is 4.74 Å². The van der Waals surface area contributed by atoms with Crippen LogP contribution in [0.3, 0.4) is 0 Å². The van der Waals surface area contributed by atoms with Crippen LogP contribution in [0.4, 0.5) is 0 Å². The van der Waals surface area contributed by atoms with Crippen LogP contribution < -0.4 is 4.74 Å². The smallest absolute Gasteiger partial charge is 0.119 e.